The summed E-state index contributed by atoms with van der Waals surface area (Å²) in [5.41, 5.74) is -0.912. The van der Waals surface area contributed by atoms with Crippen molar-refractivity contribution in [1.29, 1.82) is 0 Å². The second-order valence-electron chi connectivity index (χ2n) is 7.81. The number of benzene rings is 1. The molecule has 1 amide bonds. The molecule has 0 radical (unpaired) electrons. The Bertz CT molecular complexity index is 1000. The first kappa shape index (κ1) is 22.6. The number of allylic oxidation sites excluding steroid dienone is 3. The molecular formula is C21H19Cl2F3N2O2S. The second-order valence-corrected chi connectivity index (χ2v) is 9.88. The van der Waals surface area contributed by atoms with Crippen LogP contribution in [0.25, 0.3) is 0 Å². The number of amides is 1. The van der Waals surface area contributed by atoms with Crippen molar-refractivity contribution in [3.05, 3.63) is 57.6 Å². The summed E-state index contributed by atoms with van der Waals surface area (Å²) in [7, 11) is 0. The molecule has 1 aromatic rings. The summed E-state index contributed by atoms with van der Waals surface area (Å²) in [6.07, 6.45) is -2.52. The predicted octanol–water partition coefficient (Wildman–Crippen LogP) is 5.33. The maximum absolute atomic E-state index is 14.2. The number of nitrogens with zero attached hydrogens (tertiary/aromatic N) is 1. The molecule has 1 aliphatic carbocycles. The Morgan fingerprint density at radius 3 is 2.68 bits per heavy atom. The summed E-state index contributed by atoms with van der Waals surface area (Å²) in [5.74, 6) is 1.58. The fraction of sp³-hybridized carbons (Fsp3) is 0.429. The first-order valence-corrected chi connectivity index (χ1v) is 11.6. The van der Waals surface area contributed by atoms with Crippen molar-refractivity contribution in [3.8, 4) is 0 Å². The van der Waals surface area contributed by atoms with E-state index in [1.165, 1.54) is 12.2 Å². The normalized spacial score (nSPS) is 26.4. The molecule has 0 saturated carbocycles. The zero-order chi connectivity index (χ0) is 22.4. The number of aryl methyl sites for hydroxylation is 1. The van der Waals surface area contributed by atoms with Crippen LogP contribution in [0.5, 0.6) is 0 Å². The van der Waals surface area contributed by atoms with Crippen LogP contribution in [0.1, 0.15) is 34.3 Å². The summed E-state index contributed by atoms with van der Waals surface area (Å²) in [4.78, 5) is 17.5. The van der Waals surface area contributed by atoms with E-state index >= 15 is 0 Å². The van der Waals surface area contributed by atoms with Crippen molar-refractivity contribution >= 4 is 46.6 Å². The third-order valence-corrected chi connectivity index (χ3v) is 7.34. The number of carbonyl (C=O) groups is 1. The minimum atomic E-state index is -4.72. The molecule has 10 heteroatoms. The third kappa shape index (κ3) is 4.34. The Hall–Kier alpha value is -1.64. The summed E-state index contributed by atoms with van der Waals surface area (Å²) >= 11 is 13.8. The number of hydrogen-bond acceptors (Lipinski definition) is 4. The zero-order valence-corrected chi connectivity index (χ0v) is 18.8. The minimum absolute atomic E-state index is 0.0440. The molecule has 1 aromatic carbocycles. The highest BCUT2D eigenvalue weighted by Gasteiger charge is 2.63. The molecule has 0 bridgehead atoms. The number of alkyl halides is 4. The topological polar surface area (TPSA) is 50.7 Å². The summed E-state index contributed by atoms with van der Waals surface area (Å²) in [6.45, 7) is 1.74. The molecule has 1 fully saturated rings. The van der Waals surface area contributed by atoms with Crippen LogP contribution in [-0.2, 0) is 4.84 Å². The standard InChI is InChI=1S/C21H19Cl2F3N2O2S/c1-11-4-12(2-3-17(11)19(29)27-16-9-31-10-16)18-8-20(30-28-18,21(24,25)26)13-5-14(22)7-15(23)6-13/h2-5,7,15-16H,6,8-10H2,1H3,(H,27,29). The fourth-order valence-electron chi connectivity index (χ4n) is 3.77. The molecule has 2 aliphatic heterocycles. The van der Waals surface area contributed by atoms with Crippen LogP contribution in [-0.4, -0.2) is 46.3 Å². The van der Waals surface area contributed by atoms with Gasteiger partial charge < -0.3 is 10.2 Å². The van der Waals surface area contributed by atoms with Crippen molar-refractivity contribution in [3.63, 3.8) is 0 Å². The molecule has 1 N–H and O–H groups in total. The van der Waals surface area contributed by atoms with E-state index in [0.717, 1.165) is 11.5 Å². The molecule has 3 aliphatic rings. The fourth-order valence-corrected chi connectivity index (χ4v) is 5.06. The summed E-state index contributed by atoms with van der Waals surface area (Å²) in [6, 6.07) is 5.02. The Labute approximate surface area is 191 Å². The lowest BCUT2D eigenvalue weighted by Gasteiger charge is -2.33. The van der Waals surface area contributed by atoms with Gasteiger partial charge in [0.1, 0.15) is 0 Å². The van der Waals surface area contributed by atoms with Gasteiger partial charge in [-0.3, -0.25) is 4.79 Å². The molecule has 166 valence electrons. The average molecular weight is 491 g/mol. The third-order valence-electron chi connectivity index (χ3n) is 5.55. The van der Waals surface area contributed by atoms with Crippen LogP contribution >= 0.6 is 35.0 Å². The van der Waals surface area contributed by atoms with Crippen molar-refractivity contribution in [2.75, 3.05) is 11.5 Å². The van der Waals surface area contributed by atoms with Gasteiger partial charge in [-0.05, 0) is 54.3 Å². The number of nitrogens with one attached hydrogen (secondary N) is 1. The molecule has 2 atom stereocenters. The van der Waals surface area contributed by atoms with E-state index in [9.17, 15) is 18.0 Å². The van der Waals surface area contributed by atoms with E-state index in [-0.39, 0.29) is 34.7 Å². The molecule has 1 saturated heterocycles. The van der Waals surface area contributed by atoms with Gasteiger partial charge in [0.15, 0.2) is 0 Å². The van der Waals surface area contributed by atoms with Gasteiger partial charge in [0.05, 0.1) is 11.1 Å². The highest BCUT2D eigenvalue weighted by atomic mass is 35.5. The number of thioether (sulfide) groups is 1. The number of halogens is 5. The first-order chi connectivity index (χ1) is 14.6. The van der Waals surface area contributed by atoms with E-state index in [4.69, 9.17) is 28.0 Å². The Morgan fingerprint density at radius 2 is 2.10 bits per heavy atom. The summed E-state index contributed by atoms with van der Waals surface area (Å²) < 4.78 is 42.5. The van der Waals surface area contributed by atoms with Gasteiger partial charge in [-0.2, -0.15) is 24.9 Å². The maximum Gasteiger partial charge on any atom is 0.435 e. The Balaban J connectivity index is 1.58. The molecular weight excluding hydrogens is 472 g/mol. The lowest BCUT2D eigenvalue weighted by Crippen LogP contribution is -2.48. The van der Waals surface area contributed by atoms with Crippen molar-refractivity contribution in [1.82, 2.24) is 5.32 Å². The number of rotatable bonds is 4. The Kier molecular flexibility index (Phi) is 6.09. The molecule has 4 nitrogen and oxygen atoms in total. The minimum Gasteiger partial charge on any atom is -0.374 e. The maximum atomic E-state index is 14.2. The van der Waals surface area contributed by atoms with Crippen LogP contribution in [0.4, 0.5) is 13.2 Å². The predicted molar refractivity (Wildman–Crippen MR) is 117 cm³/mol. The molecule has 0 spiro atoms. The molecule has 2 unspecified atom stereocenters. The van der Waals surface area contributed by atoms with Crippen LogP contribution < -0.4 is 5.32 Å². The van der Waals surface area contributed by atoms with Gasteiger partial charge in [0.2, 0.25) is 0 Å². The van der Waals surface area contributed by atoms with Gasteiger partial charge in [0.25, 0.3) is 11.5 Å². The van der Waals surface area contributed by atoms with E-state index in [1.54, 1.807) is 36.9 Å². The van der Waals surface area contributed by atoms with Crippen LogP contribution in [0.15, 0.2) is 46.1 Å². The van der Waals surface area contributed by atoms with Gasteiger partial charge in [0, 0.05) is 34.6 Å². The monoisotopic (exact) mass is 490 g/mol. The second kappa shape index (κ2) is 8.37. The zero-order valence-electron chi connectivity index (χ0n) is 16.4. The van der Waals surface area contributed by atoms with Crippen LogP contribution in [0, 0.1) is 6.92 Å². The van der Waals surface area contributed by atoms with E-state index in [0.29, 0.717) is 16.7 Å². The van der Waals surface area contributed by atoms with Gasteiger partial charge in [-0.15, -0.1) is 11.6 Å². The SMILES string of the molecule is Cc1cc(C2=NOC(C3=CC(Cl)=CC(Cl)C3)(C(F)(F)F)C2)ccc1C(=O)NC1CSC1. The molecule has 31 heavy (non-hydrogen) atoms. The molecule has 2 heterocycles. The van der Waals surface area contributed by atoms with E-state index < -0.39 is 23.6 Å². The number of carbonyl (C=O) groups excluding carboxylic acids is 1. The lowest BCUT2D eigenvalue weighted by atomic mass is 9.82. The lowest BCUT2D eigenvalue weighted by molar-refractivity contribution is -0.253. The molecule has 0 aromatic heterocycles. The highest BCUT2D eigenvalue weighted by molar-refractivity contribution is 8.00. The van der Waals surface area contributed by atoms with Gasteiger partial charge >= 0.3 is 6.18 Å². The van der Waals surface area contributed by atoms with Crippen LogP contribution in [0.2, 0.25) is 0 Å². The largest absolute Gasteiger partial charge is 0.435 e. The van der Waals surface area contributed by atoms with E-state index in [2.05, 4.69) is 10.5 Å². The average Bonchev–Trinajstić information content (AvgIpc) is 3.10. The van der Waals surface area contributed by atoms with Gasteiger partial charge in [-0.1, -0.05) is 22.8 Å². The van der Waals surface area contributed by atoms with Crippen molar-refractivity contribution in [2.45, 2.75) is 43.0 Å². The van der Waals surface area contributed by atoms with E-state index in [1.807, 2.05) is 0 Å². The van der Waals surface area contributed by atoms with Gasteiger partial charge in [-0.25, -0.2) is 0 Å². The quantitative estimate of drug-likeness (QED) is 0.580. The van der Waals surface area contributed by atoms with Crippen molar-refractivity contribution in [2.24, 2.45) is 5.16 Å². The highest BCUT2D eigenvalue weighted by Crippen LogP contribution is 2.49. The smallest absolute Gasteiger partial charge is 0.374 e. The number of oxime groups is 1. The summed E-state index contributed by atoms with van der Waals surface area (Å²) in [5, 5.41) is 6.21. The molecule has 4 rings (SSSR count). The van der Waals surface area contributed by atoms with Crippen molar-refractivity contribution < 1.29 is 22.8 Å². The van der Waals surface area contributed by atoms with Crippen LogP contribution in [0.3, 0.4) is 0 Å². The first-order valence-electron chi connectivity index (χ1n) is 9.63. The number of hydrogen-bond donors (Lipinski definition) is 1. The Morgan fingerprint density at radius 1 is 1.35 bits per heavy atom.